The molecule has 1 spiro atoms. The summed E-state index contributed by atoms with van der Waals surface area (Å²) in [4.78, 5) is 11.2. The summed E-state index contributed by atoms with van der Waals surface area (Å²) in [5, 5.41) is 3.99. The Morgan fingerprint density at radius 3 is 2.74 bits per heavy atom. The number of ether oxygens (including phenoxy) is 3. The number of rotatable bonds is 9. The third kappa shape index (κ3) is 4.62. The molecule has 3 aromatic rings. The maximum atomic E-state index is 13.5. The summed E-state index contributed by atoms with van der Waals surface area (Å²) in [6, 6.07) is 8.14. The molecule has 1 atom stereocenters. The average molecular weight is 487 g/mol. The molecule has 180 valence electrons. The van der Waals surface area contributed by atoms with Gasteiger partial charge in [-0.05, 0) is 43.5 Å². The number of aromatic nitrogens is 2. The summed E-state index contributed by atoms with van der Waals surface area (Å²) < 4.78 is 30.9. The topological polar surface area (TPSA) is 68.7 Å². The van der Waals surface area contributed by atoms with Crippen molar-refractivity contribution in [2.75, 3.05) is 45.8 Å². The van der Waals surface area contributed by atoms with E-state index in [-0.39, 0.29) is 5.02 Å². The van der Waals surface area contributed by atoms with E-state index in [9.17, 15) is 4.39 Å². The molecule has 0 radical (unpaired) electrons. The summed E-state index contributed by atoms with van der Waals surface area (Å²) in [6.45, 7) is 3.64. The normalized spacial score (nSPS) is 19.0. The average Bonchev–Trinajstić information content (AvgIpc) is 3.52. The second-order valence-electron chi connectivity index (χ2n) is 9.02. The molecule has 1 aliphatic carbocycles. The van der Waals surface area contributed by atoms with Crippen LogP contribution in [0.5, 0.6) is 11.5 Å². The van der Waals surface area contributed by atoms with Crippen LogP contribution in [-0.2, 0) is 4.74 Å². The van der Waals surface area contributed by atoms with Gasteiger partial charge in [0.2, 0.25) is 0 Å². The molecule has 34 heavy (non-hydrogen) atoms. The van der Waals surface area contributed by atoms with Crippen LogP contribution in [0.3, 0.4) is 0 Å². The summed E-state index contributed by atoms with van der Waals surface area (Å²) >= 11 is 5.92. The number of anilines is 2. The molecule has 2 heterocycles. The number of hydrogen-bond acceptors (Lipinski definition) is 7. The van der Waals surface area contributed by atoms with Crippen molar-refractivity contribution in [2.24, 2.45) is 5.41 Å². The highest BCUT2D eigenvalue weighted by Crippen LogP contribution is 2.53. The number of methoxy groups -OCH3 is 2. The Kier molecular flexibility index (Phi) is 6.46. The van der Waals surface area contributed by atoms with Crippen LogP contribution < -0.4 is 14.8 Å². The van der Waals surface area contributed by atoms with Crippen LogP contribution in [-0.4, -0.2) is 61.4 Å². The zero-order valence-electron chi connectivity index (χ0n) is 19.3. The van der Waals surface area contributed by atoms with Gasteiger partial charge in [-0.3, -0.25) is 4.90 Å². The molecule has 1 saturated carbocycles. The highest BCUT2D eigenvalue weighted by atomic mass is 35.5. The number of halogens is 2. The van der Waals surface area contributed by atoms with E-state index in [1.54, 1.807) is 13.2 Å². The smallest absolute Gasteiger partial charge is 0.162 e. The van der Waals surface area contributed by atoms with Crippen LogP contribution in [0.25, 0.3) is 10.9 Å². The lowest BCUT2D eigenvalue weighted by Crippen LogP contribution is -2.25. The molecular formula is C25H28ClFN4O3. The van der Waals surface area contributed by atoms with E-state index < -0.39 is 5.82 Å². The first-order valence-electron chi connectivity index (χ1n) is 11.4. The monoisotopic (exact) mass is 486 g/mol. The van der Waals surface area contributed by atoms with Crippen molar-refractivity contribution in [3.63, 3.8) is 0 Å². The molecule has 2 aliphatic rings. The Morgan fingerprint density at radius 2 is 2.03 bits per heavy atom. The van der Waals surface area contributed by atoms with Crippen LogP contribution in [0, 0.1) is 11.2 Å². The molecule has 1 aromatic heterocycles. The van der Waals surface area contributed by atoms with Gasteiger partial charge in [0.15, 0.2) is 11.5 Å². The third-order valence-corrected chi connectivity index (χ3v) is 7.09. The van der Waals surface area contributed by atoms with E-state index in [0.29, 0.717) is 46.6 Å². The lowest BCUT2D eigenvalue weighted by molar-refractivity contribution is 0.0697. The minimum absolute atomic E-state index is 0.0384. The van der Waals surface area contributed by atoms with Gasteiger partial charge in [0.25, 0.3) is 0 Å². The fraction of sp³-hybridized carbons (Fsp3) is 0.440. The second kappa shape index (κ2) is 9.52. The summed E-state index contributed by atoms with van der Waals surface area (Å²) in [5.74, 6) is 1.33. The van der Waals surface area contributed by atoms with E-state index >= 15 is 0 Å². The largest absolute Gasteiger partial charge is 0.493 e. The van der Waals surface area contributed by atoms with Crippen LogP contribution >= 0.6 is 11.6 Å². The zero-order chi connectivity index (χ0) is 23.7. The van der Waals surface area contributed by atoms with Crippen LogP contribution in [0.2, 0.25) is 5.02 Å². The highest BCUT2D eigenvalue weighted by Gasteiger charge is 2.55. The van der Waals surface area contributed by atoms with Gasteiger partial charge in [0.05, 0.1) is 30.4 Å². The van der Waals surface area contributed by atoms with Gasteiger partial charge >= 0.3 is 0 Å². The standard InChI is InChI=1S/C25H28ClFN4O3/c1-32-21-12-20-17(24(29-15-28-20)30-16-4-5-19(27)18(26)10-16)11-22(21)34-9-3-8-31-13-23(33-2)25(14-31)6-7-25/h4-5,10-12,15,23H,3,6-9,13-14H2,1-2H3,(H,28,29,30). The molecule has 2 fully saturated rings. The second-order valence-corrected chi connectivity index (χ2v) is 9.43. The molecule has 5 rings (SSSR count). The van der Waals surface area contributed by atoms with Crippen LogP contribution in [0.15, 0.2) is 36.7 Å². The van der Waals surface area contributed by atoms with Crippen molar-refractivity contribution in [1.29, 1.82) is 0 Å². The Morgan fingerprint density at radius 1 is 1.18 bits per heavy atom. The number of nitrogens with zero attached hydrogens (tertiary/aromatic N) is 3. The van der Waals surface area contributed by atoms with Crippen LogP contribution in [0.4, 0.5) is 15.9 Å². The predicted molar refractivity (Wildman–Crippen MR) is 130 cm³/mol. The van der Waals surface area contributed by atoms with Gasteiger partial charge in [0, 0.05) is 49.3 Å². The molecular weight excluding hydrogens is 459 g/mol. The molecule has 1 unspecified atom stereocenters. The number of nitrogens with one attached hydrogen (secondary N) is 1. The van der Waals surface area contributed by atoms with Gasteiger partial charge in [-0.2, -0.15) is 0 Å². The van der Waals surface area contributed by atoms with E-state index in [1.807, 2.05) is 19.2 Å². The number of likely N-dealkylation sites (tertiary alicyclic amines) is 1. The first-order chi connectivity index (χ1) is 16.5. The molecule has 2 aromatic carbocycles. The molecule has 1 N–H and O–H groups in total. The van der Waals surface area contributed by atoms with Crippen molar-refractivity contribution in [2.45, 2.75) is 25.4 Å². The van der Waals surface area contributed by atoms with E-state index in [1.165, 1.54) is 31.3 Å². The minimum atomic E-state index is -0.473. The SMILES string of the molecule is COc1cc2ncnc(Nc3ccc(F)c(Cl)c3)c2cc1OCCCN1CC(OC)C2(CC2)C1. The number of hydrogen-bond donors (Lipinski definition) is 1. The van der Waals surface area contributed by atoms with Crippen molar-refractivity contribution in [3.8, 4) is 11.5 Å². The lowest BCUT2D eigenvalue weighted by Gasteiger charge is -2.17. The molecule has 1 saturated heterocycles. The fourth-order valence-corrected chi connectivity index (χ4v) is 4.97. The third-order valence-electron chi connectivity index (χ3n) is 6.80. The summed E-state index contributed by atoms with van der Waals surface area (Å²) in [7, 11) is 3.43. The predicted octanol–water partition coefficient (Wildman–Crippen LogP) is 5.05. The van der Waals surface area contributed by atoms with Gasteiger partial charge in [0.1, 0.15) is 18.0 Å². The highest BCUT2D eigenvalue weighted by molar-refractivity contribution is 6.31. The Balaban J connectivity index is 1.28. The quantitative estimate of drug-likeness (QED) is 0.424. The van der Waals surface area contributed by atoms with Gasteiger partial charge in [-0.15, -0.1) is 0 Å². The Labute approximate surface area is 203 Å². The first kappa shape index (κ1) is 23.1. The minimum Gasteiger partial charge on any atom is -0.493 e. The first-order valence-corrected chi connectivity index (χ1v) is 11.8. The van der Waals surface area contributed by atoms with Crippen molar-refractivity contribution in [1.82, 2.24) is 14.9 Å². The summed E-state index contributed by atoms with van der Waals surface area (Å²) in [6.07, 6.45) is 5.27. The van der Waals surface area contributed by atoms with Gasteiger partial charge in [-0.1, -0.05) is 11.6 Å². The zero-order valence-corrected chi connectivity index (χ0v) is 20.1. The van der Waals surface area contributed by atoms with E-state index in [0.717, 1.165) is 31.4 Å². The molecule has 7 nitrogen and oxygen atoms in total. The van der Waals surface area contributed by atoms with Gasteiger partial charge in [-0.25, -0.2) is 14.4 Å². The van der Waals surface area contributed by atoms with Crippen LogP contribution in [0.1, 0.15) is 19.3 Å². The Hall–Kier alpha value is -2.68. The molecule has 9 heteroatoms. The summed E-state index contributed by atoms with van der Waals surface area (Å²) in [5.41, 5.74) is 1.72. The Bertz CT molecular complexity index is 1190. The number of fused-ring (bicyclic) bond motifs is 1. The molecule has 0 amide bonds. The maximum absolute atomic E-state index is 13.5. The van der Waals surface area contributed by atoms with E-state index in [4.69, 9.17) is 25.8 Å². The van der Waals surface area contributed by atoms with Crippen molar-refractivity contribution < 1.29 is 18.6 Å². The number of benzene rings is 2. The molecule has 0 bridgehead atoms. The van der Waals surface area contributed by atoms with Crippen molar-refractivity contribution in [3.05, 3.63) is 47.5 Å². The van der Waals surface area contributed by atoms with Crippen molar-refractivity contribution >= 4 is 34.0 Å². The lowest BCUT2D eigenvalue weighted by atomic mass is 10.0. The van der Waals surface area contributed by atoms with E-state index in [2.05, 4.69) is 20.2 Å². The maximum Gasteiger partial charge on any atom is 0.162 e. The fourth-order valence-electron chi connectivity index (χ4n) is 4.79. The molecule has 1 aliphatic heterocycles. The van der Waals surface area contributed by atoms with Gasteiger partial charge < -0.3 is 19.5 Å².